The third kappa shape index (κ3) is 2.32. The van der Waals surface area contributed by atoms with Gasteiger partial charge in [0.25, 0.3) is 0 Å². The van der Waals surface area contributed by atoms with Crippen LogP contribution in [0.1, 0.15) is 19.3 Å². The van der Waals surface area contributed by atoms with Crippen LogP contribution in [0.5, 0.6) is 0 Å². The third-order valence-corrected chi connectivity index (χ3v) is 3.42. The molecule has 0 aromatic carbocycles. The normalized spacial score (nSPS) is 35.6. The maximum atomic E-state index is 12.1. The highest BCUT2D eigenvalue weighted by Crippen LogP contribution is 2.41. The van der Waals surface area contributed by atoms with Crippen molar-refractivity contribution in [3.05, 3.63) is 0 Å². The second-order valence-corrected chi connectivity index (χ2v) is 4.47. The molecule has 7 heteroatoms. The zero-order chi connectivity index (χ0) is 11.8. The van der Waals surface area contributed by atoms with Crippen molar-refractivity contribution < 1.29 is 22.7 Å². The molecule has 0 aromatic rings. The fourth-order valence-corrected chi connectivity index (χ4v) is 2.89. The molecule has 2 heterocycles. The predicted molar refractivity (Wildman–Crippen MR) is 49.2 cm³/mol. The van der Waals surface area contributed by atoms with Gasteiger partial charge in [-0.3, -0.25) is 9.64 Å². The van der Waals surface area contributed by atoms with E-state index in [1.54, 1.807) is 0 Å². The summed E-state index contributed by atoms with van der Waals surface area (Å²) in [7, 11) is 0. The van der Waals surface area contributed by atoms with Gasteiger partial charge in [-0.1, -0.05) is 0 Å². The van der Waals surface area contributed by atoms with Crippen LogP contribution in [0.4, 0.5) is 13.2 Å². The fourth-order valence-electron chi connectivity index (χ4n) is 2.89. The minimum atomic E-state index is -4.56. The van der Waals surface area contributed by atoms with E-state index in [0.29, 0.717) is 13.0 Å². The molecule has 0 bridgehead atoms. The average molecular weight is 240 g/mol. The summed E-state index contributed by atoms with van der Waals surface area (Å²) in [5.41, 5.74) is -0.343. The smallest absolute Gasteiger partial charge is 0.303 e. The average Bonchev–Trinajstić information content (AvgIpc) is 2.57. The Morgan fingerprint density at radius 3 is 2.81 bits per heavy atom. The molecule has 2 N–H and O–H groups in total. The summed E-state index contributed by atoms with van der Waals surface area (Å²) in [4.78, 5) is 6.63. The minimum absolute atomic E-state index is 0.269. The molecule has 2 saturated heterocycles. The standard InChI is InChI=1S/C9H15F3N2O2/c10-9(11,12)16-7-4-8(6-15-13)2-1-3-14(8)5-7/h7H,1-6,13H2/t7-,8+/m1/s1. The first kappa shape index (κ1) is 12.1. The molecule has 16 heavy (non-hydrogen) atoms. The Kier molecular flexibility index (Phi) is 3.13. The Bertz CT molecular complexity index is 262. The lowest BCUT2D eigenvalue weighted by Crippen LogP contribution is -2.43. The lowest BCUT2D eigenvalue weighted by Gasteiger charge is -2.30. The molecule has 0 aliphatic carbocycles. The van der Waals surface area contributed by atoms with Crippen molar-refractivity contribution in [3.63, 3.8) is 0 Å². The van der Waals surface area contributed by atoms with Crippen molar-refractivity contribution in [2.45, 2.75) is 37.3 Å². The van der Waals surface area contributed by atoms with Crippen molar-refractivity contribution >= 4 is 0 Å². The maximum Gasteiger partial charge on any atom is 0.522 e. The Labute approximate surface area is 91.4 Å². The Hall–Kier alpha value is -0.370. The van der Waals surface area contributed by atoms with Crippen molar-refractivity contribution in [3.8, 4) is 0 Å². The first-order valence-electron chi connectivity index (χ1n) is 5.26. The van der Waals surface area contributed by atoms with Crippen molar-refractivity contribution in [1.29, 1.82) is 0 Å². The van der Waals surface area contributed by atoms with Gasteiger partial charge in [-0.05, 0) is 25.8 Å². The van der Waals surface area contributed by atoms with E-state index in [9.17, 15) is 13.2 Å². The maximum absolute atomic E-state index is 12.1. The van der Waals surface area contributed by atoms with Crippen LogP contribution in [0.2, 0.25) is 0 Å². The van der Waals surface area contributed by atoms with E-state index < -0.39 is 12.5 Å². The van der Waals surface area contributed by atoms with Crippen LogP contribution >= 0.6 is 0 Å². The molecule has 0 amide bonds. The van der Waals surface area contributed by atoms with Crippen LogP contribution in [-0.2, 0) is 9.57 Å². The molecule has 2 aliphatic rings. The fraction of sp³-hybridized carbons (Fsp3) is 1.00. The number of rotatable bonds is 3. The van der Waals surface area contributed by atoms with Crippen LogP contribution in [0.3, 0.4) is 0 Å². The van der Waals surface area contributed by atoms with Crippen molar-refractivity contribution in [1.82, 2.24) is 4.90 Å². The number of fused-ring (bicyclic) bond motifs is 1. The van der Waals surface area contributed by atoms with Gasteiger partial charge in [0.05, 0.1) is 12.7 Å². The van der Waals surface area contributed by atoms with Gasteiger partial charge in [0.1, 0.15) is 0 Å². The van der Waals surface area contributed by atoms with E-state index in [4.69, 9.17) is 5.90 Å². The second kappa shape index (κ2) is 4.14. The Balaban J connectivity index is 1.99. The minimum Gasteiger partial charge on any atom is -0.303 e. The molecule has 0 radical (unpaired) electrons. The number of halogens is 3. The highest BCUT2D eigenvalue weighted by molar-refractivity contribution is 5.03. The van der Waals surface area contributed by atoms with Gasteiger partial charge < -0.3 is 4.84 Å². The number of hydrogen-bond donors (Lipinski definition) is 1. The SMILES string of the molecule is NOC[C@@]12CCCN1C[C@H](OC(F)(F)F)C2. The van der Waals surface area contributed by atoms with E-state index in [0.717, 1.165) is 19.4 Å². The van der Waals surface area contributed by atoms with Gasteiger partial charge in [0, 0.05) is 12.1 Å². The van der Waals surface area contributed by atoms with Gasteiger partial charge in [0.15, 0.2) is 0 Å². The summed E-state index contributed by atoms with van der Waals surface area (Å²) >= 11 is 0. The van der Waals surface area contributed by atoms with Gasteiger partial charge in [-0.15, -0.1) is 13.2 Å². The molecule has 94 valence electrons. The summed E-state index contributed by atoms with van der Waals surface area (Å²) in [5.74, 6) is 5.04. The predicted octanol–water partition coefficient (Wildman–Crippen LogP) is 1.02. The van der Waals surface area contributed by atoms with Gasteiger partial charge in [-0.2, -0.15) is 0 Å². The van der Waals surface area contributed by atoms with Crippen LogP contribution in [-0.4, -0.2) is 42.6 Å². The molecule has 2 rings (SSSR count). The molecule has 2 aliphatic heterocycles. The molecule has 4 nitrogen and oxygen atoms in total. The molecule has 0 spiro atoms. The topological polar surface area (TPSA) is 47.7 Å². The van der Waals surface area contributed by atoms with E-state index in [2.05, 4.69) is 9.57 Å². The summed E-state index contributed by atoms with van der Waals surface area (Å²) < 4.78 is 40.4. The summed E-state index contributed by atoms with van der Waals surface area (Å²) in [6, 6.07) is 0. The van der Waals surface area contributed by atoms with Gasteiger partial charge in [-0.25, -0.2) is 5.90 Å². The quantitative estimate of drug-likeness (QED) is 0.748. The molecule has 0 aromatic heterocycles. The van der Waals surface area contributed by atoms with E-state index in [-0.39, 0.29) is 12.1 Å². The molecule has 2 fully saturated rings. The van der Waals surface area contributed by atoms with E-state index in [1.807, 2.05) is 4.90 Å². The number of nitrogens with two attached hydrogens (primary N) is 1. The Morgan fingerprint density at radius 1 is 1.44 bits per heavy atom. The number of ether oxygens (including phenoxy) is 1. The molecule has 0 unspecified atom stereocenters. The van der Waals surface area contributed by atoms with Crippen LogP contribution < -0.4 is 5.90 Å². The number of nitrogens with zero attached hydrogens (tertiary/aromatic N) is 1. The zero-order valence-electron chi connectivity index (χ0n) is 8.79. The summed E-state index contributed by atoms with van der Waals surface area (Å²) in [5, 5.41) is 0. The molecular formula is C9H15F3N2O2. The highest BCUT2D eigenvalue weighted by atomic mass is 19.4. The number of alkyl halides is 3. The zero-order valence-corrected chi connectivity index (χ0v) is 8.79. The monoisotopic (exact) mass is 240 g/mol. The Morgan fingerprint density at radius 2 is 2.19 bits per heavy atom. The summed E-state index contributed by atoms with van der Waals surface area (Å²) in [6.45, 7) is 1.37. The number of hydrogen-bond acceptors (Lipinski definition) is 4. The van der Waals surface area contributed by atoms with E-state index >= 15 is 0 Å². The first-order valence-corrected chi connectivity index (χ1v) is 5.26. The largest absolute Gasteiger partial charge is 0.522 e. The molecule has 0 saturated carbocycles. The lowest BCUT2D eigenvalue weighted by molar-refractivity contribution is -0.340. The van der Waals surface area contributed by atoms with Crippen LogP contribution in [0.25, 0.3) is 0 Å². The van der Waals surface area contributed by atoms with Crippen molar-refractivity contribution in [2.24, 2.45) is 5.90 Å². The lowest BCUT2D eigenvalue weighted by atomic mass is 9.94. The first-order chi connectivity index (χ1) is 7.45. The molecular weight excluding hydrogens is 225 g/mol. The highest BCUT2D eigenvalue weighted by Gasteiger charge is 2.51. The van der Waals surface area contributed by atoms with E-state index in [1.165, 1.54) is 0 Å². The molecule has 2 atom stereocenters. The van der Waals surface area contributed by atoms with Crippen molar-refractivity contribution in [2.75, 3.05) is 19.7 Å². The van der Waals surface area contributed by atoms with Crippen LogP contribution in [0.15, 0.2) is 0 Å². The van der Waals surface area contributed by atoms with Gasteiger partial charge in [0.2, 0.25) is 0 Å². The second-order valence-electron chi connectivity index (χ2n) is 4.47. The van der Waals surface area contributed by atoms with Crippen LogP contribution in [0, 0.1) is 0 Å². The summed E-state index contributed by atoms with van der Waals surface area (Å²) in [6.07, 6.45) is -3.22. The third-order valence-electron chi connectivity index (χ3n) is 3.42. The van der Waals surface area contributed by atoms with Gasteiger partial charge >= 0.3 is 6.36 Å².